The highest BCUT2D eigenvalue weighted by atomic mass is 16.4. The smallest absolute Gasteiger partial charge is 0.331 e. The zero-order chi connectivity index (χ0) is 21.8. The Bertz CT molecular complexity index is 771. The second-order valence-corrected chi connectivity index (χ2v) is 11.1. The van der Waals surface area contributed by atoms with Gasteiger partial charge in [0, 0.05) is 23.6 Å². The average molecular weight is 414 g/mol. The van der Waals surface area contributed by atoms with Crippen molar-refractivity contribution in [2.75, 3.05) is 0 Å². The van der Waals surface area contributed by atoms with Crippen LogP contribution in [-0.2, 0) is 9.59 Å². The van der Waals surface area contributed by atoms with Crippen LogP contribution in [0.25, 0.3) is 0 Å². The van der Waals surface area contributed by atoms with Crippen LogP contribution in [0.2, 0.25) is 0 Å². The van der Waals surface area contributed by atoms with Crippen LogP contribution in [0.1, 0.15) is 79.6 Å². The molecule has 4 aliphatic rings. The maximum atomic E-state index is 13.6. The number of rotatable bonds is 4. The summed E-state index contributed by atoms with van der Waals surface area (Å²) in [6, 6.07) is 0.489. The molecular formula is C26H39NO3. The van der Waals surface area contributed by atoms with E-state index >= 15 is 0 Å². The third-order valence-corrected chi connectivity index (χ3v) is 9.07. The molecule has 4 rings (SSSR count). The molecule has 0 aliphatic heterocycles. The monoisotopic (exact) mass is 413 g/mol. The Labute approximate surface area is 181 Å². The topological polar surface area (TPSA) is 57.6 Å². The minimum absolute atomic E-state index is 0.113. The number of carboxylic acids is 1. The van der Waals surface area contributed by atoms with E-state index in [0.717, 1.165) is 25.7 Å². The van der Waals surface area contributed by atoms with Crippen molar-refractivity contribution >= 4 is 11.9 Å². The third kappa shape index (κ3) is 3.35. The summed E-state index contributed by atoms with van der Waals surface area (Å²) in [5.41, 5.74) is 1.97. The SMILES string of the molecule is CC(C)N(C(=O)[C@H]1CC[C@H]2[C@@H]3CC=C4C=C(C(=O)O)CC[C@H]4[C@H]3CC[C@]12C)C(C)C. The number of amides is 1. The summed E-state index contributed by atoms with van der Waals surface area (Å²) in [5, 5.41) is 9.39. The first-order chi connectivity index (χ1) is 14.1. The predicted molar refractivity (Wildman–Crippen MR) is 119 cm³/mol. The summed E-state index contributed by atoms with van der Waals surface area (Å²) >= 11 is 0. The zero-order valence-corrected chi connectivity index (χ0v) is 19.4. The summed E-state index contributed by atoms with van der Waals surface area (Å²) in [7, 11) is 0. The van der Waals surface area contributed by atoms with Gasteiger partial charge in [0.25, 0.3) is 0 Å². The number of allylic oxidation sites excluding steroid dienone is 3. The van der Waals surface area contributed by atoms with Gasteiger partial charge in [-0.25, -0.2) is 4.79 Å². The number of aliphatic carboxylic acids is 1. The molecule has 0 bridgehead atoms. The molecule has 0 unspecified atom stereocenters. The van der Waals surface area contributed by atoms with Crippen LogP contribution >= 0.6 is 0 Å². The number of nitrogens with zero attached hydrogens (tertiary/aromatic N) is 1. The van der Waals surface area contributed by atoms with Gasteiger partial charge in [-0.2, -0.15) is 0 Å². The molecular weight excluding hydrogens is 374 g/mol. The van der Waals surface area contributed by atoms with Crippen molar-refractivity contribution in [3.05, 3.63) is 23.3 Å². The van der Waals surface area contributed by atoms with Crippen molar-refractivity contribution < 1.29 is 14.7 Å². The highest BCUT2D eigenvalue weighted by Crippen LogP contribution is 2.63. The van der Waals surface area contributed by atoms with Crippen molar-refractivity contribution in [3.63, 3.8) is 0 Å². The van der Waals surface area contributed by atoms with Crippen LogP contribution in [0.3, 0.4) is 0 Å². The van der Waals surface area contributed by atoms with E-state index in [-0.39, 0.29) is 23.4 Å². The minimum Gasteiger partial charge on any atom is -0.478 e. The molecule has 0 saturated heterocycles. The molecule has 0 heterocycles. The van der Waals surface area contributed by atoms with Gasteiger partial charge in [-0.15, -0.1) is 0 Å². The second kappa shape index (κ2) is 7.84. The quantitative estimate of drug-likeness (QED) is 0.667. The van der Waals surface area contributed by atoms with Crippen LogP contribution in [0.4, 0.5) is 0 Å². The van der Waals surface area contributed by atoms with E-state index in [9.17, 15) is 14.7 Å². The molecule has 0 radical (unpaired) electrons. The Kier molecular flexibility index (Phi) is 5.65. The van der Waals surface area contributed by atoms with Gasteiger partial charge in [0.05, 0.1) is 0 Å². The van der Waals surface area contributed by atoms with E-state index in [0.29, 0.717) is 41.6 Å². The Morgan fingerprint density at radius 3 is 2.40 bits per heavy atom. The van der Waals surface area contributed by atoms with Crippen LogP contribution < -0.4 is 0 Å². The van der Waals surface area contributed by atoms with Gasteiger partial charge in [0.2, 0.25) is 5.91 Å². The van der Waals surface area contributed by atoms with Crippen LogP contribution in [0.15, 0.2) is 23.3 Å². The highest BCUT2D eigenvalue weighted by Gasteiger charge is 2.58. The molecule has 4 aliphatic carbocycles. The Morgan fingerprint density at radius 2 is 1.77 bits per heavy atom. The fourth-order valence-corrected chi connectivity index (χ4v) is 7.82. The van der Waals surface area contributed by atoms with Crippen molar-refractivity contribution in [1.82, 2.24) is 4.90 Å². The molecule has 2 fully saturated rings. The Balaban J connectivity index is 1.57. The molecule has 166 valence electrons. The van der Waals surface area contributed by atoms with E-state index in [2.05, 4.69) is 45.6 Å². The van der Waals surface area contributed by atoms with E-state index in [1.54, 1.807) is 0 Å². The van der Waals surface area contributed by atoms with E-state index in [1.807, 2.05) is 6.08 Å². The number of hydrogen-bond donors (Lipinski definition) is 1. The number of carboxylic acid groups (broad SMARTS) is 1. The number of hydrogen-bond acceptors (Lipinski definition) is 2. The molecule has 1 N–H and O–H groups in total. The molecule has 4 nitrogen and oxygen atoms in total. The third-order valence-electron chi connectivity index (χ3n) is 9.07. The fraction of sp³-hybridized carbons (Fsp3) is 0.769. The van der Waals surface area contributed by atoms with E-state index in [4.69, 9.17) is 0 Å². The molecule has 6 atom stereocenters. The molecule has 1 amide bonds. The summed E-state index contributed by atoms with van der Waals surface area (Å²) in [6.07, 6.45) is 11.6. The first kappa shape index (κ1) is 21.6. The number of carbonyl (C=O) groups is 2. The van der Waals surface area contributed by atoms with E-state index < -0.39 is 5.97 Å². The molecule has 0 aromatic heterocycles. The zero-order valence-electron chi connectivity index (χ0n) is 19.4. The van der Waals surface area contributed by atoms with Crippen molar-refractivity contribution in [2.45, 2.75) is 91.6 Å². The molecule has 0 aromatic carbocycles. The Morgan fingerprint density at radius 1 is 1.07 bits per heavy atom. The normalized spacial score (nSPS) is 37.8. The highest BCUT2D eigenvalue weighted by molar-refractivity contribution is 5.87. The average Bonchev–Trinajstić information content (AvgIpc) is 3.03. The van der Waals surface area contributed by atoms with Gasteiger partial charge in [-0.3, -0.25) is 4.79 Å². The van der Waals surface area contributed by atoms with Crippen LogP contribution in [-0.4, -0.2) is 34.0 Å². The van der Waals surface area contributed by atoms with Gasteiger partial charge in [0.15, 0.2) is 0 Å². The van der Waals surface area contributed by atoms with Gasteiger partial charge in [0.1, 0.15) is 0 Å². The predicted octanol–water partition coefficient (Wildman–Crippen LogP) is 5.44. The number of carbonyl (C=O) groups excluding carboxylic acids is 1. The minimum atomic E-state index is -0.760. The fourth-order valence-electron chi connectivity index (χ4n) is 7.82. The van der Waals surface area contributed by atoms with Crippen molar-refractivity contribution in [1.29, 1.82) is 0 Å². The van der Waals surface area contributed by atoms with Crippen molar-refractivity contribution in [3.8, 4) is 0 Å². The summed E-state index contributed by atoms with van der Waals surface area (Å²) in [6.45, 7) is 11.0. The lowest BCUT2D eigenvalue weighted by Crippen LogP contribution is -2.51. The first-order valence-electron chi connectivity index (χ1n) is 12.1. The molecule has 0 aromatic rings. The summed E-state index contributed by atoms with van der Waals surface area (Å²) in [5.74, 6) is 2.23. The molecule has 0 spiro atoms. The maximum Gasteiger partial charge on any atom is 0.331 e. The second-order valence-electron chi connectivity index (χ2n) is 11.1. The molecule has 2 saturated carbocycles. The van der Waals surface area contributed by atoms with E-state index in [1.165, 1.54) is 18.4 Å². The summed E-state index contributed by atoms with van der Waals surface area (Å²) < 4.78 is 0. The first-order valence-corrected chi connectivity index (χ1v) is 12.1. The van der Waals surface area contributed by atoms with Crippen LogP contribution in [0, 0.1) is 35.0 Å². The van der Waals surface area contributed by atoms with Gasteiger partial charge in [-0.1, -0.05) is 13.0 Å². The number of fused-ring (bicyclic) bond motifs is 5. The lowest BCUT2D eigenvalue weighted by atomic mass is 9.52. The van der Waals surface area contributed by atoms with Gasteiger partial charge in [-0.05, 0) is 113 Å². The van der Waals surface area contributed by atoms with Crippen LogP contribution in [0.5, 0.6) is 0 Å². The molecule has 30 heavy (non-hydrogen) atoms. The largest absolute Gasteiger partial charge is 0.478 e. The molecule has 4 heteroatoms. The van der Waals surface area contributed by atoms with Gasteiger partial charge >= 0.3 is 5.97 Å². The standard InChI is InChI=1S/C26H39NO3/c1-15(2)27(16(3)4)24(28)23-11-10-22-21-9-6-17-14-18(25(29)30)7-8-19(17)20(21)12-13-26(22,23)5/h6,14-16,19-23H,7-13H2,1-5H3,(H,29,30)/t19-,20-,21-,22+,23-,26+/m1/s1. The van der Waals surface area contributed by atoms with Crippen molar-refractivity contribution in [2.24, 2.45) is 35.0 Å². The Hall–Kier alpha value is -1.58. The lowest BCUT2D eigenvalue weighted by molar-refractivity contribution is -0.145. The maximum absolute atomic E-state index is 13.6. The summed E-state index contributed by atoms with van der Waals surface area (Å²) in [4.78, 5) is 27.2. The lowest BCUT2D eigenvalue weighted by Gasteiger charge is -2.53. The van der Waals surface area contributed by atoms with Gasteiger partial charge < -0.3 is 10.0 Å².